The SMILES string of the molecule is C1=CC=C2N=NCN2C=C1. The van der Waals surface area contributed by atoms with Gasteiger partial charge in [-0.25, -0.2) is 0 Å². The third kappa shape index (κ3) is 0.757. The maximum atomic E-state index is 3.93. The minimum absolute atomic E-state index is 0.657. The van der Waals surface area contributed by atoms with Crippen molar-refractivity contribution < 1.29 is 0 Å². The van der Waals surface area contributed by atoms with Gasteiger partial charge in [-0.2, -0.15) is 5.11 Å². The van der Waals surface area contributed by atoms with E-state index in [0.717, 1.165) is 5.82 Å². The van der Waals surface area contributed by atoms with E-state index in [1.165, 1.54) is 0 Å². The molecular weight excluding hydrogens is 126 g/mol. The van der Waals surface area contributed by atoms with Crippen LogP contribution in [0.25, 0.3) is 0 Å². The second-order valence-corrected chi connectivity index (χ2v) is 2.10. The van der Waals surface area contributed by atoms with Crippen LogP contribution < -0.4 is 0 Å². The van der Waals surface area contributed by atoms with Gasteiger partial charge in [0, 0.05) is 6.20 Å². The summed E-state index contributed by atoms with van der Waals surface area (Å²) in [6.45, 7) is 0.657. The molecule has 0 aliphatic carbocycles. The molecule has 2 rings (SSSR count). The van der Waals surface area contributed by atoms with Crippen LogP contribution in [-0.4, -0.2) is 11.6 Å². The molecule has 0 N–H and O–H groups in total. The van der Waals surface area contributed by atoms with E-state index in [0.29, 0.717) is 6.67 Å². The highest BCUT2D eigenvalue weighted by Gasteiger charge is 2.10. The van der Waals surface area contributed by atoms with Crippen LogP contribution in [0, 0.1) is 0 Å². The molecule has 2 aliphatic heterocycles. The van der Waals surface area contributed by atoms with Crippen molar-refractivity contribution in [3.63, 3.8) is 0 Å². The van der Waals surface area contributed by atoms with Gasteiger partial charge in [-0.05, 0) is 12.2 Å². The van der Waals surface area contributed by atoms with E-state index >= 15 is 0 Å². The first kappa shape index (κ1) is 5.41. The van der Waals surface area contributed by atoms with Crippen molar-refractivity contribution in [2.75, 3.05) is 6.67 Å². The summed E-state index contributed by atoms with van der Waals surface area (Å²) in [7, 11) is 0. The molecule has 3 nitrogen and oxygen atoms in total. The predicted molar refractivity (Wildman–Crippen MR) is 37.9 cm³/mol. The predicted octanol–water partition coefficient (Wildman–Crippen LogP) is 1.64. The van der Waals surface area contributed by atoms with Gasteiger partial charge in [-0.3, -0.25) is 0 Å². The van der Waals surface area contributed by atoms with Gasteiger partial charge in [0.1, 0.15) is 6.67 Å². The summed E-state index contributed by atoms with van der Waals surface area (Å²) in [5, 5.41) is 7.79. The van der Waals surface area contributed by atoms with Crippen molar-refractivity contribution in [1.82, 2.24) is 4.90 Å². The van der Waals surface area contributed by atoms with Gasteiger partial charge in [0.05, 0.1) is 0 Å². The monoisotopic (exact) mass is 133 g/mol. The molecule has 0 bridgehead atoms. The molecule has 10 heavy (non-hydrogen) atoms. The largest absolute Gasteiger partial charge is 0.310 e. The van der Waals surface area contributed by atoms with Gasteiger partial charge in [-0.1, -0.05) is 12.2 Å². The number of azo groups is 1. The topological polar surface area (TPSA) is 28.0 Å². The first-order chi connectivity index (χ1) is 4.97. The number of allylic oxidation sites excluding steroid dienone is 4. The third-order valence-electron chi connectivity index (χ3n) is 1.42. The van der Waals surface area contributed by atoms with Crippen molar-refractivity contribution in [3.05, 3.63) is 36.3 Å². The van der Waals surface area contributed by atoms with Crippen LogP contribution in [0.4, 0.5) is 0 Å². The number of hydrogen-bond acceptors (Lipinski definition) is 3. The highest BCUT2D eigenvalue weighted by Crippen LogP contribution is 2.16. The summed E-state index contributed by atoms with van der Waals surface area (Å²) in [6.07, 6.45) is 9.81. The number of hydrogen-bond donors (Lipinski definition) is 0. The van der Waals surface area contributed by atoms with Crippen molar-refractivity contribution in [2.24, 2.45) is 10.2 Å². The standard InChI is InChI=1S/C7H7N3/c1-2-4-7-9-8-6-10(7)5-3-1/h1-5H,6H2. The fourth-order valence-electron chi connectivity index (χ4n) is 0.914. The van der Waals surface area contributed by atoms with E-state index in [2.05, 4.69) is 10.2 Å². The van der Waals surface area contributed by atoms with Gasteiger partial charge in [0.25, 0.3) is 0 Å². The van der Waals surface area contributed by atoms with Crippen molar-refractivity contribution in [3.8, 4) is 0 Å². The zero-order valence-electron chi connectivity index (χ0n) is 5.44. The Morgan fingerprint density at radius 1 is 1.30 bits per heavy atom. The minimum Gasteiger partial charge on any atom is -0.310 e. The maximum Gasteiger partial charge on any atom is 0.156 e. The highest BCUT2D eigenvalue weighted by atomic mass is 15.4. The lowest BCUT2D eigenvalue weighted by molar-refractivity contribution is 0.524. The molecule has 0 saturated carbocycles. The summed E-state index contributed by atoms with van der Waals surface area (Å²) in [5.74, 6) is 0.921. The molecule has 0 saturated heterocycles. The first-order valence-corrected chi connectivity index (χ1v) is 3.16. The van der Waals surface area contributed by atoms with Crippen LogP contribution >= 0.6 is 0 Å². The van der Waals surface area contributed by atoms with E-state index in [1.54, 1.807) is 0 Å². The van der Waals surface area contributed by atoms with Gasteiger partial charge < -0.3 is 4.90 Å². The van der Waals surface area contributed by atoms with Gasteiger partial charge in [-0.15, -0.1) is 5.11 Å². The summed E-state index contributed by atoms with van der Waals surface area (Å²) in [4.78, 5) is 1.99. The Bertz CT molecular complexity index is 248. The van der Waals surface area contributed by atoms with Crippen LogP contribution in [0.5, 0.6) is 0 Å². The van der Waals surface area contributed by atoms with Crippen LogP contribution in [0.15, 0.2) is 46.6 Å². The average molecular weight is 133 g/mol. The van der Waals surface area contributed by atoms with E-state index < -0.39 is 0 Å². The summed E-state index contributed by atoms with van der Waals surface area (Å²) < 4.78 is 0. The normalized spacial score (nSPS) is 20.8. The average Bonchev–Trinajstić information content (AvgIpc) is 2.28. The smallest absolute Gasteiger partial charge is 0.156 e. The summed E-state index contributed by atoms with van der Waals surface area (Å²) in [6, 6.07) is 0. The zero-order chi connectivity index (χ0) is 6.81. The fraction of sp³-hybridized carbons (Fsp3) is 0.143. The zero-order valence-corrected chi connectivity index (χ0v) is 5.44. The lowest BCUT2D eigenvalue weighted by Crippen LogP contribution is -2.08. The van der Waals surface area contributed by atoms with Crippen molar-refractivity contribution in [2.45, 2.75) is 0 Å². The third-order valence-corrected chi connectivity index (χ3v) is 1.42. The van der Waals surface area contributed by atoms with E-state index in [4.69, 9.17) is 0 Å². The molecule has 0 aromatic carbocycles. The second-order valence-electron chi connectivity index (χ2n) is 2.10. The number of rotatable bonds is 0. The van der Waals surface area contributed by atoms with Gasteiger partial charge >= 0.3 is 0 Å². The molecule has 2 aliphatic rings. The Morgan fingerprint density at radius 3 is 3.30 bits per heavy atom. The quantitative estimate of drug-likeness (QED) is 0.493. The number of nitrogens with zero attached hydrogens (tertiary/aromatic N) is 3. The van der Waals surface area contributed by atoms with E-state index in [1.807, 2.05) is 35.4 Å². The lowest BCUT2D eigenvalue weighted by atomic mass is 10.5. The first-order valence-electron chi connectivity index (χ1n) is 3.16. The van der Waals surface area contributed by atoms with Crippen molar-refractivity contribution in [1.29, 1.82) is 0 Å². The van der Waals surface area contributed by atoms with Crippen LogP contribution in [0.2, 0.25) is 0 Å². The molecule has 2 heterocycles. The molecule has 50 valence electrons. The molecule has 0 amide bonds. The molecule has 0 fully saturated rings. The highest BCUT2D eigenvalue weighted by molar-refractivity contribution is 5.21. The maximum absolute atomic E-state index is 3.93. The molecule has 3 heteroatoms. The Morgan fingerprint density at radius 2 is 2.30 bits per heavy atom. The molecule has 0 aromatic heterocycles. The van der Waals surface area contributed by atoms with E-state index in [9.17, 15) is 0 Å². The summed E-state index contributed by atoms with van der Waals surface area (Å²) in [5.41, 5.74) is 0. The molecule has 0 radical (unpaired) electrons. The molecule has 0 aromatic rings. The Hall–Kier alpha value is -1.38. The lowest BCUT2D eigenvalue weighted by Gasteiger charge is -2.07. The van der Waals surface area contributed by atoms with Gasteiger partial charge in [0.2, 0.25) is 0 Å². The van der Waals surface area contributed by atoms with Gasteiger partial charge in [0.15, 0.2) is 5.82 Å². The Balaban J connectivity index is 2.36. The second kappa shape index (κ2) is 2.10. The Labute approximate surface area is 59.1 Å². The molecule has 0 atom stereocenters. The minimum atomic E-state index is 0.657. The van der Waals surface area contributed by atoms with Crippen LogP contribution in [0.1, 0.15) is 0 Å². The Kier molecular flexibility index (Phi) is 1.13. The molecular formula is C7H7N3. The molecule has 0 unspecified atom stereocenters. The van der Waals surface area contributed by atoms with E-state index in [-0.39, 0.29) is 0 Å². The molecule has 0 spiro atoms. The van der Waals surface area contributed by atoms with Crippen molar-refractivity contribution >= 4 is 0 Å². The summed E-state index contributed by atoms with van der Waals surface area (Å²) >= 11 is 0. The van der Waals surface area contributed by atoms with Crippen LogP contribution in [0.3, 0.4) is 0 Å². The van der Waals surface area contributed by atoms with Crippen LogP contribution in [-0.2, 0) is 0 Å². The number of fused-ring (bicyclic) bond motifs is 1. The fourth-order valence-corrected chi connectivity index (χ4v) is 0.914.